The first-order valence-corrected chi connectivity index (χ1v) is 8.14. The molecule has 0 aliphatic rings. The Bertz CT molecular complexity index is 867. The smallest absolute Gasteiger partial charge is 0.257 e. The van der Waals surface area contributed by atoms with Crippen molar-refractivity contribution in [2.75, 3.05) is 12.4 Å². The molecule has 3 rings (SSSR count). The number of nitrogens with zero attached hydrogens (tertiary/aromatic N) is 2. The van der Waals surface area contributed by atoms with Crippen LogP contribution in [0.25, 0.3) is 0 Å². The van der Waals surface area contributed by atoms with Gasteiger partial charge in [0, 0.05) is 22.8 Å². The molecule has 126 valence electrons. The zero-order valence-electron chi connectivity index (χ0n) is 13.3. The van der Waals surface area contributed by atoms with Crippen LogP contribution >= 0.6 is 15.9 Å². The molecule has 7 heteroatoms. The highest BCUT2D eigenvalue weighted by Crippen LogP contribution is 2.23. The van der Waals surface area contributed by atoms with E-state index in [-0.39, 0.29) is 5.91 Å². The van der Waals surface area contributed by atoms with Crippen molar-refractivity contribution in [1.29, 1.82) is 0 Å². The van der Waals surface area contributed by atoms with E-state index in [0.717, 1.165) is 4.47 Å². The van der Waals surface area contributed by atoms with E-state index in [1.165, 1.54) is 19.5 Å². The Morgan fingerprint density at radius 2 is 1.84 bits per heavy atom. The molecule has 25 heavy (non-hydrogen) atoms. The minimum atomic E-state index is -0.280. The van der Waals surface area contributed by atoms with Crippen molar-refractivity contribution in [3.8, 4) is 17.5 Å². The number of nitrogens with one attached hydrogen (secondary N) is 1. The Hall–Kier alpha value is -2.93. The molecule has 0 unspecified atom stereocenters. The van der Waals surface area contributed by atoms with Crippen LogP contribution in [0.2, 0.25) is 0 Å². The van der Waals surface area contributed by atoms with E-state index in [1.807, 2.05) is 24.3 Å². The molecule has 3 aromatic rings. The summed E-state index contributed by atoms with van der Waals surface area (Å²) in [6.45, 7) is 0. The normalized spacial score (nSPS) is 10.2. The Morgan fingerprint density at radius 3 is 2.48 bits per heavy atom. The summed E-state index contributed by atoms with van der Waals surface area (Å²) in [6, 6.07) is 14.1. The monoisotopic (exact) mass is 399 g/mol. The predicted molar refractivity (Wildman–Crippen MR) is 97.2 cm³/mol. The molecule has 0 saturated heterocycles. The first-order chi connectivity index (χ1) is 12.1. The van der Waals surface area contributed by atoms with Crippen LogP contribution in [0, 0.1) is 0 Å². The standard InChI is InChI=1S/C18H14BrN3O3/c1-24-16-7-5-12(10-20-16)18(23)22-14-6-8-17(21-11-14)25-15-4-2-3-13(19)9-15/h2-11H,1H3,(H,22,23). The molecule has 1 N–H and O–H groups in total. The highest BCUT2D eigenvalue weighted by atomic mass is 79.9. The van der Waals surface area contributed by atoms with E-state index in [4.69, 9.17) is 9.47 Å². The summed E-state index contributed by atoms with van der Waals surface area (Å²) in [5.74, 6) is 1.27. The van der Waals surface area contributed by atoms with Gasteiger partial charge in [-0.15, -0.1) is 0 Å². The molecule has 0 saturated carbocycles. The van der Waals surface area contributed by atoms with Gasteiger partial charge in [0.1, 0.15) is 5.75 Å². The minimum absolute atomic E-state index is 0.280. The fourth-order valence-electron chi connectivity index (χ4n) is 2.00. The quantitative estimate of drug-likeness (QED) is 0.692. The number of carbonyl (C=O) groups excluding carboxylic acids is 1. The molecule has 0 spiro atoms. The summed E-state index contributed by atoms with van der Waals surface area (Å²) < 4.78 is 11.5. The zero-order chi connectivity index (χ0) is 17.6. The molecule has 1 aromatic carbocycles. The number of hydrogen-bond donors (Lipinski definition) is 1. The second kappa shape index (κ2) is 7.76. The number of pyridine rings is 2. The van der Waals surface area contributed by atoms with Gasteiger partial charge in [0.2, 0.25) is 11.8 Å². The maximum absolute atomic E-state index is 12.2. The molecule has 0 bridgehead atoms. The van der Waals surface area contributed by atoms with Crippen LogP contribution < -0.4 is 14.8 Å². The van der Waals surface area contributed by atoms with Gasteiger partial charge in [-0.25, -0.2) is 9.97 Å². The molecule has 0 radical (unpaired) electrons. The number of aromatic nitrogens is 2. The molecule has 2 heterocycles. The Kier molecular flexibility index (Phi) is 5.25. The topological polar surface area (TPSA) is 73.3 Å². The van der Waals surface area contributed by atoms with Crippen LogP contribution in [-0.4, -0.2) is 23.0 Å². The van der Waals surface area contributed by atoms with Crippen LogP contribution in [0.5, 0.6) is 17.5 Å². The Labute approximate surface area is 153 Å². The van der Waals surface area contributed by atoms with E-state index in [2.05, 4.69) is 31.2 Å². The third-order valence-electron chi connectivity index (χ3n) is 3.22. The number of ether oxygens (including phenoxy) is 2. The van der Waals surface area contributed by atoms with Crippen LogP contribution in [0.4, 0.5) is 5.69 Å². The summed E-state index contributed by atoms with van der Waals surface area (Å²) in [5.41, 5.74) is 0.984. The third-order valence-corrected chi connectivity index (χ3v) is 3.71. The average Bonchev–Trinajstić information content (AvgIpc) is 2.63. The third kappa shape index (κ3) is 4.54. The predicted octanol–water partition coefficient (Wildman–Crippen LogP) is 4.29. The van der Waals surface area contributed by atoms with Gasteiger partial charge in [-0.1, -0.05) is 22.0 Å². The van der Waals surface area contributed by atoms with Gasteiger partial charge in [-0.05, 0) is 30.3 Å². The first-order valence-electron chi connectivity index (χ1n) is 7.35. The fourth-order valence-corrected chi connectivity index (χ4v) is 2.38. The number of rotatable bonds is 5. The van der Waals surface area contributed by atoms with Crippen molar-refractivity contribution >= 4 is 27.5 Å². The van der Waals surface area contributed by atoms with E-state index in [9.17, 15) is 4.79 Å². The second-order valence-electron chi connectivity index (χ2n) is 4.99. The number of hydrogen-bond acceptors (Lipinski definition) is 5. The molecule has 1 amide bonds. The maximum Gasteiger partial charge on any atom is 0.257 e. The lowest BCUT2D eigenvalue weighted by Crippen LogP contribution is -2.12. The first kappa shape index (κ1) is 16.9. The van der Waals surface area contributed by atoms with Crippen molar-refractivity contribution in [3.05, 3.63) is 71.0 Å². The van der Waals surface area contributed by atoms with E-state index >= 15 is 0 Å². The van der Waals surface area contributed by atoms with Crippen LogP contribution in [0.1, 0.15) is 10.4 Å². The number of methoxy groups -OCH3 is 1. The number of halogens is 1. The molecule has 2 aromatic heterocycles. The average molecular weight is 400 g/mol. The van der Waals surface area contributed by atoms with Crippen LogP contribution in [0.15, 0.2) is 65.4 Å². The molecule has 0 atom stereocenters. The van der Waals surface area contributed by atoms with Gasteiger partial charge in [0.15, 0.2) is 0 Å². The highest BCUT2D eigenvalue weighted by molar-refractivity contribution is 9.10. The number of carbonyl (C=O) groups is 1. The molecule has 6 nitrogen and oxygen atoms in total. The van der Waals surface area contributed by atoms with E-state index < -0.39 is 0 Å². The summed E-state index contributed by atoms with van der Waals surface area (Å²) in [6.07, 6.45) is 2.98. The number of amides is 1. The minimum Gasteiger partial charge on any atom is -0.481 e. The molecule has 0 aliphatic carbocycles. The van der Waals surface area contributed by atoms with Crippen molar-refractivity contribution in [2.45, 2.75) is 0 Å². The highest BCUT2D eigenvalue weighted by Gasteiger charge is 2.08. The zero-order valence-corrected chi connectivity index (χ0v) is 14.9. The van der Waals surface area contributed by atoms with Crippen molar-refractivity contribution in [1.82, 2.24) is 9.97 Å². The summed E-state index contributed by atoms with van der Waals surface area (Å²) in [4.78, 5) is 20.4. The Morgan fingerprint density at radius 1 is 1.04 bits per heavy atom. The maximum atomic E-state index is 12.2. The van der Waals surface area contributed by atoms with Gasteiger partial charge < -0.3 is 14.8 Å². The molecule has 0 fully saturated rings. The molecule has 0 aliphatic heterocycles. The molecular formula is C18H14BrN3O3. The lowest BCUT2D eigenvalue weighted by Gasteiger charge is -2.08. The van der Waals surface area contributed by atoms with Crippen LogP contribution in [0.3, 0.4) is 0 Å². The Balaban J connectivity index is 1.64. The summed E-state index contributed by atoms with van der Waals surface area (Å²) in [7, 11) is 1.52. The summed E-state index contributed by atoms with van der Waals surface area (Å²) >= 11 is 3.38. The van der Waals surface area contributed by atoms with E-state index in [0.29, 0.717) is 28.8 Å². The van der Waals surface area contributed by atoms with Gasteiger partial charge in [0.25, 0.3) is 5.91 Å². The van der Waals surface area contributed by atoms with E-state index in [1.54, 1.807) is 24.3 Å². The van der Waals surface area contributed by atoms with Gasteiger partial charge >= 0.3 is 0 Å². The van der Waals surface area contributed by atoms with Gasteiger partial charge in [0.05, 0.1) is 24.6 Å². The van der Waals surface area contributed by atoms with Crippen molar-refractivity contribution in [3.63, 3.8) is 0 Å². The lowest BCUT2D eigenvalue weighted by atomic mass is 10.2. The van der Waals surface area contributed by atoms with Gasteiger partial charge in [-0.2, -0.15) is 0 Å². The van der Waals surface area contributed by atoms with Crippen LogP contribution in [-0.2, 0) is 0 Å². The number of benzene rings is 1. The van der Waals surface area contributed by atoms with Crippen molar-refractivity contribution < 1.29 is 14.3 Å². The fraction of sp³-hybridized carbons (Fsp3) is 0.0556. The summed E-state index contributed by atoms with van der Waals surface area (Å²) in [5, 5.41) is 2.75. The molecular weight excluding hydrogens is 386 g/mol. The lowest BCUT2D eigenvalue weighted by molar-refractivity contribution is 0.102. The SMILES string of the molecule is COc1ccc(C(=O)Nc2ccc(Oc3cccc(Br)c3)nc2)cn1. The number of anilines is 1. The second-order valence-corrected chi connectivity index (χ2v) is 5.90. The van der Waals surface area contributed by atoms with Crippen molar-refractivity contribution in [2.24, 2.45) is 0 Å². The largest absolute Gasteiger partial charge is 0.481 e. The van der Waals surface area contributed by atoms with Gasteiger partial charge in [-0.3, -0.25) is 4.79 Å².